The van der Waals surface area contributed by atoms with Crippen LogP contribution in [0.25, 0.3) is 0 Å². The molecular formula is C13H27IN4O. The molecule has 2 fully saturated rings. The molecule has 1 unspecified atom stereocenters. The third-order valence-electron chi connectivity index (χ3n) is 3.76. The van der Waals surface area contributed by atoms with Gasteiger partial charge >= 0.3 is 0 Å². The van der Waals surface area contributed by atoms with E-state index in [0.717, 1.165) is 32.8 Å². The summed E-state index contributed by atoms with van der Waals surface area (Å²) in [7, 11) is 0. The van der Waals surface area contributed by atoms with Crippen molar-refractivity contribution in [2.24, 2.45) is 16.6 Å². The molecule has 2 rings (SSSR count). The summed E-state index contributed by atoms with van der Waals surface area (Å²) in [5.41, 5.74) is 6.03. The van der Waals surface area contributed by atoms with E-state index in [9.17, 15) is 0 Å². The van der Waals surface area contributed by atoms with E-state index in [4.69, 9.17) is 10.5 Å². The van der Waals surface area contributed by atoms with Gasteiger partial charge in [0, 0.05) is 26.2 Å². The van der Waals surface area contributed by atoms with Gasteiger partial charge in [-0.2, -0.15) is 0 Å². The monoisotopic (exact) mass is 382 g/mol. The normalized spacial score (nSPS) is 25.4. The van der Waals surface area contributed by atoms with E-state index >= 15 is 0 Å². The van der Waals surface area contributed by atoms with E-state index in [0.29, 0.717) is 11.9 Å². The number of morpholine rings is 1. The van der Waals surface area contributed by atoms with Crippen LogP contribution in [0.3, 0.4) is 0 Å². The highest BCUT2D eigenvalue weighted by molar-refractivity contribution is 14.0. The zero-order valence-electron chi connectivity index (χ0n) is 11.9. The van der Waals surface area contributed by atoms with Crippen molar-refractivity contribution in [1.29, 1.82) is 0 Å². The molecular weight excluding hydrogens is 355 g/mol. The fraction of sp³-hybridized carbons (Fsp3) is 0.923. The van der Waals surface area contributed by atoms with E-state index in [-0.39, 0.29) is 24.0 Å². The van der Waals surface area contributed by atoms with Crippen molar-refractivity contribution in [3.63, 3.8) is 0 Å². The summed E-state index contributed by atoms with van der Waals surface area (Å²) >= 11 is 0. The first-order valence-corrected chi connectivity index (χ1v) is 7.14. The van der Waals surface area contributed by atoms with Crippen LogP contribution in [-0.2, 0) is 4.74 Å². The van der Waals surface area contributed by atoms with Crippen molar-refractivity contribution >= 4 is 29.9 Å². The quantitative estimate of drug-likeness (QED) is 0.448. The zero-order valence-corrected chi connectivity index (χ0v) is 14.2. The molecule has 0 amide bonds. The van der Waals surface area contributed by atoms with Gasteiger partial charge in [0.15, 0.2) is 5.96 Å². The Morgan fingerprint density at radius 1 is 1.32 bits per heavy atom. The molecule has 2 N–H and O–H groups in total. The van der Waals surface area contributed by atoms with Gasteiger partial charge in [-0.05, 0) is 31.8 Å². The van der Waals surface area contributed by atoms with Crippen LogP contribution < -0.4 is 5.73 Å². The first-order valence-electron chi connectivity index (χ1n) is 7.14. The summed E-state index contributed by atoms with van der Waals surface area (Å²) in [6.07, 6.45) is 2.51. The summed E-state index contributed by atoms with van der Waals surface area (Å²) in [5, 5.41) is 0. The van der Waals surface area contributed by atoms with Gasteiger partial charge < -0.3 is 20.3 Å². The van der Waals surface area contributed by atoms with Crippen LogP contribution in [0.4, 0.5) is 0 Å². The van der Waals surface area contributed by atoms with E-state index < -0.39 is 0 Å². The Bertz CT molecular complexity index is 282. The molecule has 0 spiro atoms. The highest BCUT2D eigenvalue weighted by Gasteiger charge is 2.21. The number of guanidine groups is 1. The van der Waals surface area contributed by atoms with Crippen molar-refractivity contribution in [3.05, 3.63) is 0 Å². The van der Waals surface area contributed by atoms with E-state index in [1.807, 2.05) is 0 Å². The van der Waals surface area contributed by atoms with Crippen LogP contribution in [-0.4, -0.2) is 68.2 Å². The summed E-state index contributed by atoms with van der Waals surface area (Å²) in [6.45, 7) is 10.0. The van der Waals surface area contributed by atoms with Crippen molar-refractivity contribution in [2.75, 3.05) is 52.5 Å². The number of hydrogen-bond donors (Lipinski definition) is 1. The topological polar surface area (TPSA) is 54.1 Å². The average Bonchev–Trinajstić information content (AvgIpc) is 2.85. The van der Waals surface area contributed by atoms with E-state index in [1.165, 1.54) is 32.5 Å². The van der Waals surface area contributed by atoms with Crippen LogP contribution in [0.1, 0.15) is 19.8 Å². The van der Waals surface area contributed by atoms with Gasteiger partial charge in [-0.3, -0.25) is 4.99 Å². The standard InChI is InChI=1S/C13H26N4O.HI/c1-2-4-16-5-3-12(11-16)10-15-13(14)17-6-8-18-9-7-17;/h12H,2-11H2,1H3,(H2,14,15);1H. The maximum Gasteiger partial charge on any atom is 0.191 e. The predicted molar refractivity (Wildman–Crippen MR) is 89.1 cm³/mol. The van der Waals surface area contributed by atoms with Gasteiger partial charge in [-0.1, -0.05) is 6.92 Å². The van der Waals surface area contributed by atoms with Gasteiger partial charge in [0.1, 0.15) is 0 Å². The summed E-state index contributed by atoms with van der Waals surface area (Å²) in [5.74, 6) is 1.39. The highest BCUT2D eigenvalue weighted by Crippen LogP contribution is 2.16. The minimum absolute atomic E-state index is 0. The molecule has 0 aliphatic carbocycles. The molecule has 19 heavy (non-hydrogen) atoms. The number of hydrogen-bond acceptors (Lipinski definition) is 3. The van der Waals surface area contributed by atoms with Crippen molar-refractivity contribution < 1.29 is 4.74 Å². The fourth-order valence-corrected chi connectivity index (χ4v) is 2.70. The highest BCUT2D eigenvalue weighted by atomic mass is 127. The molecule has 2 saturated heterocycles. The molecule has 5 nitrogen and oxygen atoms in total. The summed E-state index contributed by atoms with van der Waals surface area (Å²) in [6, 6.07) is 0. The molecule has 0 aromatic rings. The van der Waals surface area contributed by atoms with Gasteiger partial charge in [-0.15, -0.1) is 24.0 Å². The van der Waals surface area contributed by atoms with Gasteiger partial charge in [0.2, 0.25) is 0 Å². The molecule has 2 heterocycles. The van der Waals surface area contributed by atoms with Crippen molar-refractivity contribution in [3.8, 4) is 0 Å². The van der Waals surface area contributed by atoms with Gasteiger partial charge in [0.25, 0.3) is 0 Å². The molecule has 0 aromatic heterocycles. The Morgan fingerprint density at radius 3 is 2.74 bits per heavy atom. The van der Waals surface area contributed by atoms with Crippen LogP contribution in [0, 0.1) is 5.92 Å². The molecule has 112 valence electrons. The van der Waals surface area contributed by atoms with Crippen LogP contribution in [0.15, 0.2) is 4.99 Å². The number of likely N-dealkylation sites (tertiary alicyclic amines) is 1. The van der Waals surface area contributed by atoms with Crippen LogP contribution >= 0.6 is 24.0 Å². The lowest BCUT2D eigenvalue weighted by atomic mass is 10.1. The second-order valence-corrected chi connectivity index (χ2v) is 5.25. The summed E-state index contributed by atoms with van der Waals surface area (Å²) in [4.78, 5) is 9.22. The number of rotatable bonds is 4. The number of aliphatic imine (C=N–C) groups is 1. The lowest BCUT2D eigenvalue weighted by Crippen LogP contribution is -2.45. The molecule has 0 radical (unpaired) electrons. The second-order valence-electron chi connectivity index (χ2n) is 5.25. The minimum Gasteiger partial charge on any atom is -0.378 e. The van der Waals surface area contributed by atoms with Crippen molar-refractivity contribution in [2.45, 2.75) is 19.8 Å². The lowest BCUT2D eigenvalue weighted by Gasteiger charge is -2.27. The van der Waals surface area contributed by atoms with Crippen LogP contribution in [0.2, 0.25) is 0 Å². The largest absolute Gasteiger partial charge is 0.378 e. The van der Waals surface area contributed by atoms with Gasteiger partial charge in [0.05, 0.1) is 13.2 Å². The fourth-order valence-electron chi connectivity index (χ4n) is 2.70. The minimum atomic E-state index is 0. The van der Waals surface area contributed by atoms with Gasteiger partial charge in [-0.25, -0.2) is 0 Å². The Kier molecular flexibility index (Phi) is 8.01. The molecule has 0 bridgehead atoms. The first-order chi connectivity index (χ1) is 8.79. The van der Waals surface area contributed by atoms with E-state index in [1.54, 1.807) is 0 Å². The van der Waals surface area contributed by atoms with E-state index in [2.05, 4.69) is 21.7 Å². The zero-order chi connectivity index (χ0) is 12.8. The molecule has 0 aromatic carbocycles. The first kappa shape index (κ1) is 17.0. The molecule has 1 atom stereocenters. The Morgan fingerprint density at radius 2 is 2.05 bits per heavy atom. The number of nitrogens with two attached hydrogens (primary N) is 1. The lowest BCUT2D eigenvalue weighted by molar-refractivity contribution is 0.0674. The number of nitrogens with zero attached hydrogens (tertiary/aromatic N) is 3. The number of ether oxygens (including phenoxy) is 1. The SMILES string of the molecule is CCCN1CCC(CN=C(N)N2CCOCC2)C1.I. The maximum absolute atomic E-state index is 6.03. The average molecular weight is 382 g/mol. The Hall–Kier alpha value is -0.0800. The summed E-state index contributed by atoms with van der Waals surface area (Å²) < 4.78 is 5.31. The third-order valence-corrected chi connectivity index (χ3v) is 3.76. The second kappa shape index (κ2) is 8.97. The van der Waals surface area contributed by atoms with Crippen LogP contribution in [0.5, 0.6) is 0 Å². The molecule has 2 aliphatic rings. The third kappa shape index (κ3) is 5.43. The number of halogens is 1. The maximum atomic E-state index is 6.03. The Balaban J connectivity index is 0.00000180. The smallest absolute Gasteiger partial charge is 0.191 e. The molecule has 6 heteroatoms. The van der Waals surface area contributed by atoms with Crippen molar-refractivity contribution in [1.82, 2.24) is 9.80 Å². The Labute approximate surface area is 133 Å². The molecule has 2 aliphatic heterocycles. The predicted octanol–water partition coefficient (Wildman–Crippen LogP) is 0.983. The molecule has 0 saturated carbocycles.